The third-order valence-corrected chi connectivity index (χ3v) is 7.00. The molecular formula is C26H33FN4O3. The maximum absolute atomic E-state index is 13.3. The maximum Gasteiger partial charge on any atom is 0.239 e. The highest BCUT2D eigenvalue weighted by atomic mass is 19.1. The van der Waals surface area contributed by atoms with Crippen LogP contribution in [0.25, 0.3) is 0 Å². The molecule has 0 bridgehead atoms. The van der Waals surface area contributed by atoms with Crippen molar-refractivity contribution in [3.8, 4) is 5.75 Å². The molecule has 8 heteroatoms. The minimum absolute atomic E-state index is 0.000648. The van der Waals surface area contributed by atoms with E-state index in [0.717, 1.165) is 29.8 Å². The zero-order chi connectivity index (χ0) is 24.1. The van der Waals surface area contributed by atoms with Crippen LogP contribution in [0, 0.1) is 5.82 Å². The Kier molecular flexibility index (Phi) is 7.80. The largest absolute Gasteiger partial charge is 0.497 e. The Labute approximate surface area is 200 Å². The van der Waals surface area contributed by atoms with E-state index in [1.165, 1.54) is 12.1 Å². The Morgan fingerprint density at radius 3 is 2.56 bits per heavy atom. The fourth-order valence-electron chi connectivity index (χ4n) is 4.98. The van der Waals surface area contributed by atoms with Crippen molar-refractivity contribution in [2.75, 3.05) is 27.2 Å². The topological polar surface area (TPSA) is 73.9 Å². The van der Waals surface area contributed by atoms with E-state index in [2.05, 4.69) is 27.5 Å². The zero-order valence-electron chi connectivity index (χ0n) is 19.8. The number of halogens is 1. The number of nitrogens with zero attached hydrogens (tertiary/aromatic N) is 2. The van der Waals surface area contributed by atoms with Gasteiger partial charge in [0, 0.05) is 44.7 Å². The Balaban J connectivity index is 1.30. The van der Waals surface area contributed by atoms with E-state index < -0.39 is 0 Å². The molecule has 2 aromatic rings. The Morgan fingerprint density at radius 2 is 1.85 bits per heavy atom. The standard InChI is InChI=1S/C26H33FN4O3/c1-30-21(9-12-24(32)28-15-18-5-10-22(34-2)11-6-18)16-29-26(33)25-23(30)13-14-31(25)17-19-3-7-20(27)8-4-19/h3-8,10-11,21,23,25H,9,12-17H2,1-2H3,(H,28,32)(H,29,33)/t21-,23-,25-/m0/s1. The number of rotatable bonds is 8. The minimum Gasteiger partial charge on any atom is -0.497 e. The summed E-state index contributed by atoms with van der Waals surface area (Å²) in [5, 5.41) is 6.07. The Bertz CT molecular complexity index is 983. The summed E-state index contributed by atoms with van der Waals surface area (Å²) in [6.07, 6.45) is 1.96. The van der Waals surface area contributed by atoms with Crippen LogP contribution in [0.2, 0.25) is 0 Å². The van der Waals surface area contributed by atoms with E-state index in [-0.39, 0.29) is 35.8 Å². The number of benzene rings is 2. The van der Waals surface area contributed by atoms with Gasteiger partial charge in [-0.2, -0.15) is 0 Å². The molecule has 0 spiro atoms. The summed E-state index contributed by atoms with van der Waals surface area (Å²) >= 11 is 0. The van der Waals surface area contributed by atoms with Crippen LogP contribution in [-0.4, -0.2) is 67.0 Å². The van der Waals surface area contributed by atoms with Crippen LogP contribution in [0.5, 0.6) is 5.75 Å². The van der Waals surface area contributed by atoms with Gasteiger partial charge in [-0.05, 0) is 55.3 Å². The van der Waals surface area contributed by atoms with Crippen molar-refractivity contribution in [1.82, 2.24) is 20.4 Å². The molecule has 4 rings (SSSR count). The molecule has 0 radical (unpaired) electrons. The highest BCUT2D eigenvalue weighted by Gasteiger charge is 2.44. The van der Waals surface area contributed by atoms with Crippen molar-refractivity contribution in [3.05, 3.63) is 65.5 Å². The van der Waals surface area contributed by atoms with E-state index in [9.17, 15) is 14.0 Å². The molecule has 2 N–H and O–H groups in total. The lowest BCUT2D eigenvalue weighted by Gasteiger charge is -2.33. The van der Waals surface area contributed by atoms with E-state index in [4.69, 9.17) is 4.74 Å². The van der Waals surface area contributed by atoms with Gasteiger partial charge in [0.15, 0.2) is 0 Å². The molecule has 2 heterocycles. The van der Waals surface area contributed by atoms with Crippen molar-refractivity contribution < 1.29 is 18.7 Å². The summed E-state index contributed by atoms with van der Waals surface area (Å²) in [5.41, 5.74) is 2.01. The van der Waals surface area contributed by atoms with Crippen molar-refractivity contribution in [3.63, 3.8) is 0 Å². The number of likely N-dealkylation sites (N-methyl/N-ethyl adjacent to an activating group) is 1. The van der Waals surface area contributed by atoms with Crippen molar-refractivity contribution in [1.29, 1.82) is 0 Å². The first-order chi connectivity index (χ1) is 16.4. The van der Waals surface area contributed by atoms with Gasteiger partial charge in [0.25, 0.3) is 0 Å². The van der Waals surface area contributed by atoms with Crippen molar-refractivity contribution in [2.24, 2.45) is 0 Å². The smallest absolute Gasteiger partial charge is 0.239 e. The molecule has 0 unspecified atom stereocenters. The lowest BCUT2D eigenvalue weighted by Crippen LogP contribution is -2.49. The third-order valence-electron chi connectivity index (χ3n) is 7.00. The molecule has 3 atom stereocenters. The Morgan fingerprint density at radius 1 is 1.15 bits per heavy atom. The molecule has 0 aromatic heterocycles. The number of ether oxygens (including phenoxy) is 1. The van der Waals surface area contributed by atoms with Gasteiger partial charge < -0.3 is 15.4 Å². The predicted octanol–water partition coefficient (Wildman–Crippen LogP) is 2.30. The van der Waals surface area contributed by atoms with Crippen molar-refractivity contribution >= 4 is 11.8 Å². The van der Waals surface area contributed by atoms with E-state index in [1.807, 2.05) is 24.3 Å². The first-order valence-electron chi connectivity index (χ1n) is 11.8. The number of likely N-dealkylation sites (tertiary alicyclic amines) is 1. The number of methoxy groups -OCH3 is 1. The minimum atomic E-state index is -0.258. The van der Waals surface area contributed by atoms with E-state index >= 15 is 0 Å². The SMILES string of the molecule is COc1ccc(CNC(=O)CC[C@H]2CNC(=O)[C@@H]3[C@H](CCN3Cc3ccc(F)cc3)N2C)cc1. The van der Waals surface area contributed by atoms with Gasteiger partial charge in [-0.1, -0.05) is 24.3 Å². The van der Waals surface area contributed by atoms with Gasteiger partial charge in [-0.25, -0.2) is 4.39 Å². The molecule has 34 heavy (non-hydrogen) atoms. The number of hydrogen-bond acceptors (Lipinski definition) is 5. The molecular weight excluding hydrogens is 435 g/mol. The van der Waals surface area contributed by atoms with Gasteiger partial charge in [0.05, 0.1) is 7.11 Å². The molecule has 2 saturated heterocycles. The first kappa shape index (κ1) is 24.2. The molecule has 0 saturated carbocycles. The number of carbonyl (C=O) groups is 2. The fraction of sp³-hybridized carbons (Fsp3) is 0.462. The quantitative estimate of drug-likeness (QED) is 0.622. The predicted molar refractivity (Wildman–Crippen MR) is 128 cm³/mol. The summed E-state index contributed by atoms with van der Waals surface area (Å²) in [4.78, 5) is 29.9. The molecule has 182 valence electrons. The Hall–Kier alpha value is -2.97. The van der Waals surface area contributed by atoms with Crippen LogP contribution in [0.15, 0.2) is 48.5 Å². The van der Waals surface area contributed by atoms with Crippen LogP contribution < -0.4 is 15.4 Å². The number of nitrogens with one attached hydrogen (secondary N) is 2. The van der Waals surface area contributed by atoms with E-state index in [0.29, 0.717) is 32.5 Å². The molecule has 2 aliphatic heterocycles. The van der Waals surface area contributed by atoms with Gasteiger partial charge in [0.2, 0.25) is 11.8 Å². The normalized spacial score (nSPS) is 23.1. The summed E-state index contributed by atoms with van der Waals surface area (Å²) in [6.45, 7) is 2.42. The van der Waals surface area contributed by atoms with Crippen LogP contribution in [0.4, 0.5) is 4.39 Å². The number of fused-ring (bicyclic) bond motifs is 1. The molecule has 2 amide bonds. The molecule has 2 aromatic carbocycles. The second-order valence-electron chi connectivity index (χ2n) is 9.13. The maximum atomic E-state index is 13.3. The van der Waals surface area contributed by atoms with E-state index in [1.54, 1.807) is 19.2 Å². The summed E-state index contributed by atoms with van der Waals surface area (Å²) in [5.74, 6) is 0.560. The van der Waals surface area contributed by atoms with Crippen LogP contribution in [0.3, 0.4) is 0 Å². The average molecular weight is 469 g/mol. The van der Waals surface area contributed by atoms with Crippen LogP contribution in [-0.2, 0) is 22.7 Å². The monoisotopic (exact) mass is 468 g/mol. The highest BCUT2D eigenvalue weighted by molar-refractivity contribution is 5.83. The average Bonchev–Trinajstić information content (AvgIpc) is 3.22. The third kappa shape index (κ3) is 5.74. The summed E-state index contributed by atoms with van der Waals surface area (Å²) in [6, 6.07) is 14.0. The number of hydrogen-bond donors (Lipinski definition) is 2. The summed E-state index contributed by atoms with van der Waals surface area (Å²) < 4.78 is 18.4. The van der Waals surface area contributed by atoms with Crippen LogP contribution >= 0.6 is 0 Å². The fourth-order valence-corrected chi connectivity index (χ4v) is 4.98. The number of amides is 2. The molecule has 0 aliphatic carbocycles. The first-order valence-corrected chi connectivity index (χ1v) is 11.8. The van der Waals surface area contributed by atoms with Gasteiger partial charge in [0.1, 0.15) is 17.6 Å². The molecule has 2 aliphatic rings. The van der Waals surface area contributed by atoms with Crippen molar-refractivity contribution in [2.45, 2.75) is 50.5 Å². The van der Waals surface area contributed by atoms with Gasteiger partial charge >= 0.3 is 0 Å². The zero-order valence-corrected chi connectivity index (χ0v) is 19.8. The lowest BCUT2D eigenvalue weighted by molar-refractivity contribution is -0.126. The number of carbonyl (C=O) groups excluding carboxylic acids is 2. The second kappa shape index (κ2) is 11.0. The highest BCUT2D eigenvalue weighted by Crippen LogP contribution is 2.28. The van der Waals surface area contributed by atoms with Gasteiger partial charge in [-0.3, -0.25) is 19.4 Å². The molecule has 2 fully saturated rings. The second-order valence-corrected chi connectivity index (χ2v) is 9.13. The lowest BCUT2D eigenvalue weighted by atomic mass is 10.0. The van der Waals surface area contributed by atoms with Crippen LogP contribution in [0.1, 0.15) is 30.4 Å². The summed E-state index contributed by atoms with van der Waals surface area (Å²) in [7, 11) is 3.68. The van der Waals surface area contributed by atoms with Gasteiger partial charge in [-0.15, -0.1) is 0 Å². The molecule has 7 nitrogen and oxygen atoms in total.